The van der Waals surface area contributed by atoms with Crippen molar-refractivity contribution in [1.82, 2.24) is 4.90 Å². The Bertz CT molecular complexity index is 321. The number of ether oxygens (including phenoxy) is 1. The molecular weight excluding hydrogens is 258 g/mol. The molecule has 116 valence electrons. The molecule has 20 heavy (non-hydrogen) atoms. The van der Waals surface area contributed by atoms with Gasteiger partial charge in [0.05, 0.1) is 6.10 Å². The van der Waals surface area contributed by atoms with Gasteiger partial charge in [0.25, 0.3) is 0 Å². The number of aliphatic hydroxyl groups excluding tert-OH is 2. The lowest BCUT2D eigenvalue weighted by atomic mass is 9.94. The topological polar surface area (TPSA) is 70.0 Å². The van der Waals surface area contributed by atoms with Crippen LogP contribution in [0, 0.1) is 11.8 Å². The first-order valence-electron chi connectivity index (χ1n) is 7.26. The second kappa shape index (κ2) is 8.39. The zero-order chi connectivity index (χ0) is 15.1. The van der Waals surface area contributed by atoms with E-state index in [0.717, 1.165) is 19.3 Å². The van der Waals surface area contributed by atoms with Crippen LogP contribution in [-0.4, -0.2) is 54.1 Å². The second-order valence-electron chi connectivity index (χ2n) is 5.57. The Morgan fingerprint density at radius 2 is 2.20 bits per heavy atom. The summed E-state index contributed by atoms with van der Waals surface area (Å²) in [5.41, 5.74) is 0. The Labute approximate surface area is 121 Å². The lowest BCUT2D eigenvalue weighted by molar-refractivity contribution is -0.149. The lowest BCUT2D eigenvalue weighted by Crippen LogP contribution is -2.39. The molecule has 0 aromatic rings. The predicted octanol–water partition coefficient (Wildman–Crippen LogP) is 1.15. The van der Waals surface area contributed by atoms with Gasteiger partial charge in [0.2, 0.25) is 5.91 Å². The summed E-state index contributed by atoms with van der Waals surface area (Å²) in [6.45, 7) is 4.36. The highest BCUT2D eigenvalue weighted by Crippen LogP contribution is 2.36. The van der Waals surface area contributed by atoms with E-state index in [0.29, 0.717) is 19.4 Å². The summed E-state index contributed by atoms with van der Waals surface area (Å²) in [6.07, 6.45) is 4.06. The van der Waals surface area contributed by atoms with Crippen LogP contribution in [0.25, 0.3) is 0 Å². The number of hydrogen-bond donors (Lipinski definition) is 2. The first-order chi connectivity index (χ1) is 9.51. The van der Waals surface area contributed by atoms with Crippen molar-refractivity contribution >= 4 is 5.91 Å². The van der Waals surface area contributed by atoms with E-state index in [-0.39, 0.29) is 17.7 Å². The van der Waals surface area contributed by atoms with Crippen molar-refractivity contribution in [2.75, 3.05) is 20.7 Å². The highest BCUT2D eigenvalue weighted by atomic mass is 16.6. The third-order valence-corrected chi connectivity index (χ3v) is 4.04. The van der Waals surface area contributed by atoms with Crippen LogP contribution in [0.3, 0.4) is 0 Å². The van der Waals surface area contributed by atoms with Gasteiger partial charge in [-0.25, -0.2) is 0 Å². The molecule has 1 unspecified atom stereocenters. The van der Waals surface area contributed by atoms with Gasteiger partial charge in [0, 0.05) is 32.5 Å². The van der Waals surface area contributed by atoms with Crippen LogP contribution in [0.1, 0.15) is 32.1 Å². The van der Waals surface area contributed by atoms with Crippen molar-refractivity contribution in [2.45, 2.75) is 44.5 Å². The molecule has 4 atom stereocenters. The minimum Gasteiger partial charge on any atom is -0.393 e. The smallest absolute Gasteiger partial charge is 0.225 e. The SMILES string of the molecule is C=CCCCCN(C)C(=O)[C@@H]1C[C@@H](O)C[C@H]1C(O)OC. The summed E-state index contributed by atoms with van der Waals surface area (Å²) in [5, 5.41) is 19.6. The molecule has 1 rings (SSSR count). The summed E-state index contributed by atoms with van der Waals surface area (Å²) in [6, 6.07) is 0. The van der Waals surface area contributed by atoms with E-state index in [1.165, 1.54) is 7.11 Å². The van der Waals surface area contributed by atoms with E-state index in [9.17, 15) is 15.0 Å². The summed E-state index contributed by atoms with van der Waals surface area (Å²) in [5.74, 6) is -0.691. The van der Waals surface area contributed by atoms with Crippen LogP contribution < -0.4 is 0 Å². The molecule has 0 bridgehead atoms. The zero-order valence-corrected chi connectivity index (χ0v) is 12.5. The van der Waals surface area contributed by atoms with Gasteiger partial charge in [0.1, 0.15) is 0 Å². The number of hydrogen-bond acceptors (Lipinski definition) is 4. The maximum atomic E-state index is 12.4. The number of unbranched alkanes of at least 4 members (excludes halogenated alkanes) is 2. The Morgan fingerprint density at radius 3 is 2.80 bits per heavy atom. The van der Waals surface area contributed by atoms with Crippen molar-refractivity contribution in [3.63, 3.8) is 0 Å². The zero-order valence-electron chi connectivity index (χ0n) is 12.5. The monoisotopic (exact) mass is 285 g/mol. The molecular formula is C15H27NO4. The van der Waals surface area contributed by atoms with Crippen molar-refractivity contribution < 1.29 is 19.7 Å². The third kappa shape index (κ3) is 4.58. The van der Waals surface area contributed by atoms with Gasteiger partial charge >= 0.3 is 0 Å². The van der Waals surface area contributed by atoms with Gasteiger partial charge in [-0.3, -0.25) is 4.79 Å². The molecule has 0 aliphatic heterocycles. The molecule has 0 radical (unpaired) electrons. The van der Waals surface area contributed by atoms with Crippen molar-refractivity contribution in [3.05, 3.63) is 12.7 Å². The van der Waals surface area contributed by atoms with Gasteiger partial charge < -0.3 is 19.8 Å². The number of nitrogens with zero attached hydrogens (tertiary/aromatic N) is 1. The highest BCUT2D eigenvalue weighted by molar-refractivity contribution is 5.79. The second-order valence-corrected chi connectivity index (χ2v) is 5.57. The molecule has 1 amide bonds. The maximum Gasteiger partial charge on any atom is 0.225 e. The number of allylic oxidation sites excluding steroid dienone is 1. The quantitative estimate of drug-likeness (QED) is 0.399. The van der Waals surface area contributed by atoms with E-state index in [1.807, 2.05) is 6.08 Å². The average Bonchev–Trinajstić information content (AvgIpc) is 2.83. The minimum absolute atomic E-state index is 0.0127. The Balaban J connectivity index is 2.52. The van der Waals surface area contributed by atoms with E-state index < -0.39 is 12.4 Å². The summed E-state index contributed by atoms with van der Waals surface area (Å²) in [4.78, 5) is 14.1. The fourth-order valence-corrected chi connectivity index (χ4v) is 2.85. The van der Waals surface area contributed by atoms with E-state index in [1.54, 1.807) is 11.9 Å². The van der Waals surface area contributed by atoms with Gasteiger partial charge in [-0.2, -0.15) is 0 Å². The molecule has 0 spiro atoms. The Hall–Kier alpha value is -0.910. The van der Waals surface area contributed by atoms with Crippen LogP contribution in [-0.2, 0) is 9.53 Å². The molecule has 1 saturated carbocycles. The summed E-state index contributed by atoms with van der Waals surface area (Å²) in [7, 11) is 3.19. The highest BCUT2D eigenvalue weighted by Gasteiger charge is 2.42. The predicted molar refractivity (Wildman–Crippen MR) is 76.9 cm³/mol. The van der Waals surface area contributed by atoms with Gasteiger partial charge in [-0.15, -0.1) is 6.58 Å². The van der Waals surface area contributed by atoms with Crippen LogP contribution in [0.2, 0.25) is 0 Å². The Morgan fingerprint density at radius 1 is 1.50 bits per heavy atom. The van der Waals surface area contributed by atoms with Crippen LogP contribution in [0.5, 0.6) is 0 Å². The van der Waals surface area contributed by atoms with Gasteiger partial charge in [0.15, 0.2) is 6.29 Å². The molecule has 1 aliphatic rings. The van der Waals surface area contributed by atoms with Crippen LogP contribution in [0.4, 0.5) is 0 Å². The number of amides is 1. The normalized spacial score (nSPS) is 27.3. The number of methoxy groups -OCH3 is 1. The molecule has 1 aliphatic carbocycles. The van der Waals surface area contributed by atoms with Crippen LogP contribution in [0.15, 0.2) is 12.7 Å². The average molecular weight is 285 g/mol. The maximum absolute atomic E-state index is 12.4. The van der Waals surface area contributed by atoms with Crippen molar-refractivity contribution in [3.8, 4) is 0 Å². The fourth-order valence-electron chi connectivity index (χ4n) is 2.85. The largest absolute Gasteiger partial charge is 0.393 e. The molecule has 5 nitrogen and oxygen atoms in total. The third-order valence-electron chi connectivity index (χ3n) is 4.04. The first kappa shape index (κ1) is 17.1. The standard InChI is InChI=1S/C15H27NO4/c1-4-5-6-7-8-16(2)14(18)12-9-11(17)10-13(12)15(19)20-3/h4,11-13,15,17,19H,1,5-10H2,2-3H3/t11-,12-,13-,15?/m1/s1. The number of rotatable bonds is 8. The number of aliphatic hydroxyl groups is 2. The Kier molecular flexibility index (Phi) is 7.19. The summed E-state index contributed by atoms with van der Waals surface area (Å²) >= 11 is 0. The molecule has 5 heteroatoms. The molecule has 0 heterocycles. The lowest BCUT2D eigenvalue weighted by Gasteiger charge is -2.27. The summed E-state index contributed by atoms with van der Waals surface area (Å²) < 4.78 is 4.92. The minimum atomic E-state index is -0.990. The van der Waals surface area contributed by atoms with Gasteiger partial charge in [-0.1, -0.05) is 6.08 Å². The molecule has 0 aromatic carbocycles. The molecule has 0 saturated heterocycles. The number of carbonyl (C=O) groups is 1. The van der Waals surface area contributed by atoms with E-state index in [4.69, 9.17) is 4.74 Å². The van der Waals surface area contributed by atoms with Crippen molar-refractivity contribution in [1.29, 1.82) is 0 Å². The van der Waals surface area contributed by atoms with Crippen molar-refractivity contribution in [2.24, 2.45) is 11.8 Å². The molecule has 2 N–H and O–H groups in total. The number of carbonyl (C=O) groups excluding carboxylic acids is 1. The molecule has 1 fully saturated rings. The van der Waals surface area contributed by atoms with Gasteiger partial charge in [-0.05, 0) is 32.1 Å². The van der Waals surface area contributed by atoms with Crippen LogP contribution >= 0.6 is 0 Å². The van der Waals surface area contributed by atoms with E-state index >= 15 is 0 Å². The first-order valence-corrected chi connectivity index (χ1v) is 7.26. The van der Waals surface area contributed by atoms with E-state index in [2.05, 4.69) is 6.58 Å². The fraction of sp³-hybridized carbons (Fsp3) is 0.800. The molecule has 0 aromatic heterocycles.